The van der Waals surface area contributed by atoms with Gasteiger partial charge in [-0.3, -0.25) is 0 Å². The number of nitrogens with zero attached hydrogens (tertiary/aromatic N) is 4. The van der Waals surface area contributed by atoms with Crippen molar-refractivity contribution in [2.24, 2.45) is 0 Å². The smallest absolute Gasteiger partial charge is 0.160 e. The van der Waals surface area contributed by atoms with Crippen molar-refractivity contribution in [3.05, 3.63) is 204 Å². The van der Waals surface area contributed by atoms with Crippen LogP contribution in [0.4, 0.5) is 34.1 Å². The Morgan fingerprint density at radius 2 is 0.661 bits per heavy atom. The molecule has 3 heterocycles. The molecule has 0 amide bonds. The lowest BCUT2D eigenvalue weighted by molar-refractivity contribution is 0.632. The molecule has 2 aliphatic rings. The Kier molecular flexibility index (Phi) is 7.79. The molecule has 0 saturated carbocycles. The summed E-state index contributed by atoms with van der Waals surface area (Å²) >= 11 is 0. The molecule has 56 heavy (non-hydrogen) atoms. The first kappa shape index (κ1) is 33.8. The number of anilines is 6. The van der Waals surface area contributed by atoms with Gasteiger partial charge in [-0.1, -0.05) is 155 Å². The monoisotopic (exact) mass is 722 g/mol. The zero-order valence-corrected chi connectivity index (χ0v) is 32.1. The van der Waals surface area contributed by atoms with Crippen LogP contribution in [0.5, 0.6) is 0 Å². The molecular formula is C52H42N4. The van der Waals surface area contributed by atoms with Crippen molar-refractivity contribution >= 4 is 34.1 Å². The average Bonchev–Trinajstić information content (AvgIpc) is 3.25. The minimum atomic E-state index is -0.104. The summed E-state index contributed by atoms with van der Waals surface area (Å²) in [4.78, 5) is 15.1. The predicted octanol–water partition coefficient (Wildman–Crippen LogP) is 13.7. The molecule has 0 saturated heterocycles. The quantitative estimate of drug-likeness (QED) is 0.177. The second-order valence-electron chi connectivity index (χ2n) is 15.9. The number of rotatable bonds is 5. The molecule has 0 spiro atoms. The van der Waals surface area contributed by atoms with E-state index in [-0.39, 0.29) is 10.8 Å². The lowest BCUT2D eigenvalue weighted by atomic mass is 9.73. The molecule has 8 aromatic rings. The Morgan fingerprint density at radius 3 is 1.02 bits per heavy atom. The van der Waals surface area contributed by atoms with Crippen molar-refractivity contribution in [3.63, 3.8) is 0 Å². The Balaban J connectivity index is 1.04. The fourth-order valence-corrected chi connectivity index (χ4v) is 8.92. The van der Waals surface area contributed by atoms with Gasteiger partial charge in [0.2, 0.25) is 0 Å². The zero-order chi connectivity index (χ0) is 38.0. The van der Waals surface area contributed by atoms with Crippen molar-refractivity contribution in [2.75, 3.05) is 9.80 Å². The third-order valence-corrected chi connectivity index (χ3v) is 11.9. The van der Waals surface area contributed by atoms with Crippen LogP contribution in [0, 0.1) is 0 Å². The fraction of sp³-hybridized carbons (Fsp3) is 0.115. The summed E-state index contributed by atoms with van der Waals surface area (Å²) in [5, 5.41) is 0. The summed E-state index contributed by atoms with van der Waals surface area (Å²) < 4.78 is 0. The van der Waals surface area contributed by atoms with Crippen LogP contribution < -0.4 is 9.80 Å². The molecule has 1 aromatic heterocycles. The third kappa shape index (κ3) is 5.36. The van der Waals surface area contributed by atoms with E-state index in [1.807, 2.05) is 18.2 Å². The van der Waals surface area contributed by atoms with Crippen molar-refractivity contribution < 1.29 is 0 Å². The van der Waals surface area contributed by atoms with Crippen LogP contribution in [0.25, 0.3) is 33.9 Å². The summed E-state index contributed by atoms with van der Waals surface area (Å²) in [7, 11) is 0. The molecule has 0 unspecified atom stereocenters. The van der Waals surface area contributed by atoms with E-state index in [0.717, 1.165) is 39.5 Å². The molecule has 7 aromatic carbocycles. The minimum Gasteiger partial charge on any atom is -0.310 e. The van der Waals surface area contributed by atoms with E-state index < -0.39 is 0 Å². The number of hydrogen-bond donors (Lipinski definition) is 0. The van der Waals surface area contributed by atoms with E-state index >= 15 is 0 Å². The summed E-state index contributed by atoms with van der Waals surface area (Å²) in [6.45, 7) is 9.29. The van der Waals surface area contributed by atoms with Gasteiger partial charge in [-0.2, -0.15) is 0 Å². The molecule has 0 bridgehead atoms. The van der Waals surface area contributed by atoms with Gasteiger partial charge < -0.3 is 9.80 Å². The van der Waals surface area contributed by atoms with Crippen molar-refractivity contribution in [1.29, 1.82) is 0 Å². The van der Waals surface area contributed by atoms with Gasteiger partial charge in [-0.15, -0.1) is 0 Å². The summed E-state index contributed by atoms with van der Waals surface area (Å²) in [5.41, 5.74) is 17.0. The largest absolute Gasteiger partial charge is 0.310 e. The fourth-order valence-electron chi connectivity index (χ4n) is 8.92. The van der Waals surface area contributed by atoms with E-state index in [4.69, 9.17) is 9.97 Å². The Labute approximate surface area is 329 Å². The van der Waals surface area contributed by atoms with Crippen LogP contribution in [0.2, 0.25) is 0 Å². The van der Waals surface area contributed by atoms with Gasteiger partial charge in [0.1, 0.15) is 0 Å². The van der Waals surface area contributed by atoms with Gasteiger partial charge in [0, 0.05) is 38.9 Å². The highest BCUT2D eigenvalue weighted by Gasteiger charge is 2.37. The minimum absolute atomic E-state index is 0.104. The number of benzene rings is 7. The van der Waals surface area contributed by atoms with Crippen LogP contribution in [0.1, 0.15) is 49.9 Å². The molecule has 2 aliphatic heterocycles. The topological polar surface area (TPSA) is 32.3 Å². The molecule has 4 heteroatoms. The van der Waals surface area contributed by atoms with Crippen molar-refractivity contribution in [1.82, 2.24) is 9.97 Å². The lowest BCUT2D eigenvalue weighted by Gasteiger charge is -2.42. The summed E-state index contributed by atoms with van der Waals surface area (Å²) in [6, 6.07) is 65.1. The van der Waals surface area contributed by atoms with E-state index in [2.05, 4.69) is 201 Å². The Bertz CT molecular complexity index is 2480. The van der Waals surface area contributed by atoms with Gasteiger partial charge in [0.05, 0.1) is 34.1 Å². The maximum absolute atomic E-state index is 5.15. The predicted molar refractivity (Wildman–Crippen MR) is 232 cm³/mol. The van der Waals surface area contributed by atoms with Crippen LogP contribution in [-0.2, 0) is 10.8 Å². The maximum atomic E-state index is 5.15. The van der Waals surface area contributed by atoms with Crippen LogP contribution in [0.3, 0.4) is 0 Å². The molecule has 10 rings (SSSR count). The highest BCUT2D eigenvalue weighted by Crippen LogP contribution is 2.53. The second-order valence-corrected chi connectivity index (χ2v) is 15.9. The first-order valence-corrected chi connectivity index (χ1v) is 19.4. The zero-order valence-electron chi connectivity index (χ0n) is 32.1. The molecular weight excluding hydrogens is 681 g/mol. The van der Waals surface area contributed by atoms with Gasteiger partial charge >= 0.3 is 0 Å². The van der Waals surface area contributed by atoms with Gasteiger partial charge in [-0.05, 0) is 76.9 Å². The Hall–Kier alpha value is -6.78. The molecule has 0 fully saturated rings. The second kappa shape index (κ2) is 12.9. The standard InChI is InChI=1S/C52H42N4/c1-51(2)40-18-8-12-22-46(40)55(47-23-13-9-19-41(47)51)38-30-26-35(27-31-38)44-34-45(54-50(53-44)37-16-6-5-7-17-37)36-28-32-39(33-29-36)56-48-24-14-10-20-42(48)52(3,4)43-21-11-15-25-49(43)56/h5-34H,1-4H3. The first-order valence-electron chi connectivity index (χ1n) is 19.4. The summed E-state index contributed by atoms with van der Waals surface area (Å²) in [6.07, 6.45) is 0. The van der Waals surface area contributed by atoms with Crippen LogP contribution in [-0.4, -0.2) is 9.97 Å². The van der Waals surface area contributed by atoms with E-state index in [1.165, 1.54) is 45.0 Å². The van der Waals surface area contributed by atoms with Crippen molar-refractivity contribution in [3.8, 4) is 33.9 Å². The van der Waals surface area contributed by atoms with E-state index in [0.29, 0.717) is 5.82 Å². The molecule has 0 N–H and O–H groups in total. The molecule has 0 radical (unpaired) electrons. The van der Waals surface area contributed by atoms with Gasteiger partial charge in [0.15, 0.2) is 5.82 Å². The molecule has 0 aliphatic carbocycles. The molecule has 270 valence electrons. The normalized spacial score (nSPS) is 14.6. The van der Waals surface area contributed by atoms with Crippen molar-refractivity contribution in [2.45, 2.75) is 38.5 Å². The SMILES string of the molecule is CC1(C)c2ccccc2N(c2ccc(-c3cc(-c4ccc(N5c6ccccc6C(C)(C)c6ccccc65)cc4)nc(-c4ccccc4)n3)cc2)c2ccccc21. The molecule has 4 nitrogen and oxygen atoms in total. The first-order chi connectivity index (χ1) is 27.3. The van der Waals surface area contributed by atoms with E-state index in [1.54, 1.807) is 0 Å². The number of fused-ring (bicyclic) bond motifs is 4. The Morgan fingerprint density at radius 1 is 0.339 bits per heavy atom. The van der Waals surface area contributed by atoms with Crippen LogP contribution >= 0.6 is 0 Å². The lowest BCUT2D eigenvalue weighted by Crippen LogP contribution is -2.30. The van der Waals surface area contributed by atoms with E-state index in [9.17, 15) is 0 Å². The highest BCUT2D eigenvalue weighted by molar-refractivity contribution is 5.88. The number of para-hydroxylation sites is 4. The molecule has 0 atom stereocenters. The maximum Gasteiger partial charge on any atom is 0.160 e. The number of aromatic nitrogens is 2. The summed E-state index contributed by atoms with van der Waals surface area (Å²) in [5.74, 6) is 0.702. The third-order valence-electron chi connectivity index (χ3n) is 11.9. The highest BCUT2D eigenvalue weighted by atomic mass is 15.2. The van der Waals surface area contributed by atoms with Gasteiger partial charge in [-0.25, -0.2) is 9.97 Å². The number of hydrogen-bond acceptors (Lipinski definition) is 4. The van der Waals surface area contributed by atoms with Crippen LogP contribution in [0.15, 0.2) is 182 Å². The average molecular weight is 723 g/mol. The van der Waals surface area contributed by atoms with Gasteiger partial charge in [0.25, 0.3) is 0 Å².